The van der Waals surface area contributed by atoms with E-state index < -0.39 is 0 Å². The molecule has 0 saturated carbocycles. The summed E-state index contributed by atoms with van der Waals surface area (Å²) in [5.74, 6) is -0.130. The summed E-state index contributed by atoms with van der Waals surface area (Å²) in [5, 5.41) is 6.19. The Morgan fingerprint density at radius 2 is 2.21 bits per heavy atom. The van der Waals surface area contributed by atoms with Crippen LogP contribution < -0.4 is 10.6 Å². The molecule has 0 radical (unpaired) electrons. The van der Waals surface area contributed by atoms with E-state index in [1.54, 1.807) is 12.3 Å². The van der Waals surface area contributed by atoms with Gasteiger partial charge in [-0.1, -0.05) is 6.92 Å². The second kappa shape index (κ2) is 7.74. The van der Waals surface area contributed by atoms with Crippen molar-refractivity contribution in [2.75, 3.05) is 32.5 Å². The van der Waals surface area contributed by atoms with Gasteiger partial charge >= 0.3 is 0 Å². The second-order valence-corrected chi connectivity index (χ2v) is 4.99. The number of nitrogens with zero attached hydrogens (tertiary/aromatic N) is 2. The number of amides is 1. The van der Waals surface area contributed by atoms with Gasteiger partial charge in [0.05, 0.1) is 0 Å². The van der Waals surface area contributed by atoms with Crippen LogP contribution in [-0.4, -0.2) is 49.0 Å². The molecule has 1 heterocycles. The zero-order valence-corrected chi connectivity index (χ0v) is 12.2. The molecule has 1 amide bonds. The molecule has 0 bridgehead atoms. The Morgan fingerprint density at radius 3 is 2.84 bits per heavy atom. The summed E-state index contributed by atoms with van der Waals surface area (Å²) >= 11 is 0. The minimum atomic E-state index is -0.130. The highest BCUT2D eigenvalue weighted by Crippen LogP contribution is 2.08. The van der Waals surface area contributed by atoms with Gasteiger partial charge in [0.1, 0.15) is 5.69 Å². The molecule has 1 rings (SSSR count). The van der Waals surface area contributed by atoms with Crippen molar-refractivity contribution in [2.45, 2.75) is 26.3 Å². The van der Waals surface area contributed by atoms with Crippen molar-refractivity contribution in [3.05, 3.63) is 24.0 Å². The van der Waals surface area contributed by atoms with Crippen molar-refractivity contribution in [3.8, 4) is 0 Å². The molecule has 0 fully saturated rings. The highest BCUT2D eigenvalue weighted by atomic mass is 16.1. The first-order valence-electron chi connectivity index (χ1n) is 6.68. The van der Waals surface area contributed by atoms with Crippen LogP contribution >= 0.6 is 0 Å². The van der Waals surface area contributed by atoms with Crippen LogP contribution in [0.5, 0.6) is 0 Å². The Balaban J connectivity index is 2.61. The van der Waals surface area contributed by atoms with Crippen molar-refractivity contribution in [1.82, 2.24) is 15.2 Å². The highest BCUT2D eigenvalue weighted by molar-refractivity contribution is 5.93. The molecule has 0 aromatic carbocycles. The second-order valence-electron chi connectivity index (χ2n) is 4.99. The summed E-state index contributed by atoms with van der Waals surface area (Å²) in [7, 11) is 3.96. The minimum absolute atomic E-state index is 0.0940. The first-order valence-corrected chi connectivity index (χ1v) is 6.68. The fourth-order valence-corrected chi connectivity index (χ4v) is 1.83. The van der Waals surface area contributed by atoms with E-state index in [-0.39, 0.29) is 11.9 Å². The summed E-state index contributed by atoms with van der Waals surface area (Å²) in [4.78, 5) is 18.2. The van der Waals surface area contributed by atoms with E-state index in [4.69, 9.17) is 0 Å². The van der Waals surface area contributed by atoms with E-state index in [1.807, 2.05) is 32.0 Å². The van der Waals surface area contributed by atoms with Gasteiger partial charge in [-0.3, -0.25) is 9.78 Å². The zero-order valence-electron chi connectivity index (χ0n) is 12.2. The minimum Gasteiger partial charge on any atom is -0.385 e. The molecule has 5 heteroatoms. The lowest BCUT2D eigenvalue weighted by atomic mass is 10.2. The smallest absolute Gasteiger partial charge is 0.270 e. The van der Waals surface area contributed by atoms with Gasteiger partial charge in [0.2, 0.25) is 0 Å². The lowest BCUT2D eigenvalue weighted by Crippen LogP contribution is -2.39. The number of likely N-dealkylation sites (N-methyl/N-ethyl adjacent to an activating group) is 1. The first-order chi connectivity index (χ1) is 9.02. The third kappa shape index (κ3) is 5.70. The van der Waals surface area contributed by atoms with Crippen LogP contribution in [0.4, 0.5) is 5.69 Å². The molecule has 1 aromatic rings. The number of carbonyl (C=O) groups excluding carboxylic acids is 1. The van der Waals surface area contributed by atoms with Crippen molar-refractivity contribution in [1.29, 1.82) is 0 Å². The maximum atomic E-state index is 12.0. The van der Waals surface area contributed by atoms with Gasteiger partial charge in [0.25, 0.3) is 5.91 Å². The number of hydrogen-bond acceptors (Lipinski definition) is 4. The predicted molar refractivity (Wildman–Crippen MR) is 78.5 cm³/mol. The molecule has 2 N–H and O–H groups in total. The number of anilines is 1. The van der Waals surface area contributed by atoms with Crippen LogP contribution in [0.1, 0.15) is 30.8 Å². The molecule has 1 unspecified atom stereocenters. The number of carbonyl (C=O) groups is 1. The Hall–Kier alpha value is -1.62. The van der Waals surface area contributed by atoms with Gasteiger partial charge in [0, 0.05) is 31.0 Å². The molecule has 0 aliphatic heterocycles. The summed E-state index contributed by atoms with van der Waals surface area (Å²) in [6, 6.07) is 3.75. The average Bonchev–Trinajstić information content (AvgIpc) is 2.35. The number of aromatic nitrogens is 1. The molecule has 19 heavy (non-hydrogen) atoms. The van der Waals surface area contributed by atoms with Crippen LogP contribution in [0.2, 0.25) is 0 Å². The standard InChI is InChI=1S/C14H24N4O/c1-5-7-15-12-6-8-16-13(9-12)14(19)17-11(2)10-18(3)4/h6,8-9,11H,5,7,10H2,1-4H3,(H,15,16)(H,17,19). The maximum Gasteiger partial charge on any atom is 0.270 e. The van der Waals surface area contributed by atoms with Gasteiger partial charge in [-0.05, 0) is 39.6 Å². The molecule has 0 saturated heterocycles. The highest BCUT2D eigenvalue weighted by Gasteiger charge is 2.11. The number of nitrogens with one attached hydrogen (secondary N) is 2. The Labute approximate surface area is 115 Å². The monoisotopic (exact) mass is 264 g/mol. The summed E-state index contributed by atoms with van der Waals surface area (Å²) in [6.07, 6.45) is 2.70. The van der Waals surface area contributed by atoms with E-state index in [1.165, 1.54) is 0 Å². The molecule has 1 atom stereocenters. The van der Waals surface area contributed by atoms with Gasteiger partial charge in [-0.15, -0.1) is 0 Å². The quantitative estimate of drug-likeness (QED) is 0.785. The summed E-state index contributed by atoms with van der Waals surface area (Å²) < 4.78 is 0. The van der Waals surface area contributed by atoms with E-state index in [0.29, 0.717) is 5.69 Å². The molecular weight excluding hydrogens is 240 g/mol. The SMILES string of the molecule is CCCNc1ccnc(C(=O)NC(C)CN(C)C)c1. The van der Waals surface area contributed by atoms with Crippen LogP contribution in [0.15, 0.2) is 18.3 Å². The third-order valence-electron chi connectivity index (χ3n) is 2.59. The number of hydrogen-bond donors (Lipinski definition) is 2. The molecule has 5 nitrogen and oxygen atoms in total. The van der Waals surface area contributed by atoms with Gasteiger partial charge in [-0.25, -0.2) is 0 Å². The Bertz CT molecular complexity index is 406. The van der Waals surface area contributed by atoms with Crippen molar-refractivity contribution >= 4 is 11.6 Å². The van der Waals surface area contributed by atoms with Gasteiger partial charge in [-0.2, -0.15) is 0 Å². The number of pyridine rings is 1. The normalized spacial score (nSPS) is 12.3. The largest absolute Gasteiger partial charge is 0.385 e. The molecule has 0 aliphatic rings. The summed E-state index contributed by atoms with van der Waals surface area (Å²) in [6.45, 7) is 5.78. The zero-order chi connectivity index (χ0) is 14.3. The van der Waals surface area contributed by atoms with Crippen molar-refractivity contribution in [3.63, 3.8) is 0 Å². The van der Waals surface area contributed by atoms with Crippen LogP contribution in [-0.2, 0) is 0 Å². The lowest BCUT2D eigenvalue weighted by Gasteiger charge is -2.18. The van der Waals surface area contributed by atoms with E-state index in [9.17, 15) is 4.79 Å². The topological polar surface area (TPSA) is 57.3 Å². The summed E-state index contributed by atoms with van der Waals surface area (Å²) in [5.41, 5.74) is 1.38. The molecule has 0 aliphatic carbocycles. The van der Waals surface area contributed by atoms with Crippen molar-refractivity contribution in [2.24, 2.45) is 0 Å². The van der Waals surface area contributed by atoms with E-state index >= 15 is 0 Å². The van der Waals surface area contributed by atoms with Gasteiger partial charge < -0.3 is 15.5 Å². The molecule has 0 spiro atoms. The Morgan fingerprint density at radius 1 is 1.47 bits per heavy atom. The van der Waals surface area contributed by atoms with Crippen LogP contribution in [0.25, 0.3) is 0 Å². The molecule has 106 valence electrons. The average molecular weight is 264 g/mol. The third-order valence-corrected chi connectivity index (χ3v) is 2.59. The number of rotatable bonds is 7. The fourth-order valence-electron chi connectivity index (χ4n) is 1.83. The first kappa shape index (κ1) is 15.4. The maximum absolute atomic E-state index is 12.0. The van der Waals surface area contributed by atoms with E-state index in [0.717, 1.165) is 25.2 Å². The predicted octanol–water partition coefficient (Wildman–Crippen LogP) is 1.58. The van der Waals surface area contributed by atoms with E-state index in [2.05, 4.69) is 22.5 Å². The van der Waals surface area contributed by atoms with Crippen LogP contribution in [0.3, 0.4) is 0 Å². The molecule has 1 aromatic heterocycles. The van der Waals surface area contributed by atoms with Crippen molar-refractivity contribution < 1.29 is 4.79 Å². The Kier molecular flexibility index (Phi) is 6.29. The lowest BCUT2D eigenvalue weighted by molar-refractivity contribution is 0.0929. The molecular formula is C14H24N4O. The fraction of sp³-hybridized carbons (Fsp3) is 0.571. The van der Waals surface area contributed by atoms with Crippen LogP contribution in [0, 0.1) is 0 Å². The van der Waals surface area contributed by atoms with Gasteiger partial charge in [0.15, 0.2) is 0 Å².